The molecule has 1 unspecified atom stereocenters. The molecule has 2 aromatic carbocycles. The van der Waals surface area contributed by atoms with E-state index >= 15 is 0 Å². The molecule has 0 aliphatic rings. The average molecular weight is 399 g/mol. The summed E-state index contributed by atoms with van der Waals surface area (Å²) in [5, 5.41) is 3.61. The van der Waals surface area contributed by atoms with Crippen LogP contribution in [-0.2, 0) is 0 Å². The van der Waals surface area contributed by atoms with E-state index < -0.39 is 0 Å². The molecule has 0 aliphatic carbocycles. The van der Waals surface area contributed by atoms with Gasteiger partial charge in [0.15, 0.2) is 0 Å². The van der Waals surface area contributed by atoms with Crippen LogP contribution >= 0.6 is 27.5 Å². The quantitative estimate of drug-likeness (QED) is 0.800. The van der Waals surface area contributed by atoms with E-state index in [-0.39, 0.29) is 11.9 Å². The molecule has 0 saturated carbocycles. The van der Waals surface area contributed by atoms with Crippen molar-refractivity contribution in [2.45, 2.75) is 13.0 Å². The summed E-state index contributed by atoms with van der Waals surface area (Å²) in [6.45, 7) is 1.91. The van der Waals surface area contributed by atoms with Crippen molar-refractivity contribution in [1.29, 1.82) is 0 Å². The van der Waals surface area contributed by atoms with Gasteiger partial charge in [0.05, 0.1) is 20.3 Å². The SMILES string of the molecule is COc1cc(C(=O)NC(C)c2ccc(Cl)cc2)cc(OC)c1Br. The number of hydrogen-bond acceptors (Lipinski definition) is 3. The molecule has 1 N–H and O–H groups in total. The Hall–Kier alpha value is -1.72. The first-order valence-corrected chi connectivity index (χ1v) is 8.11. The zero-order valence-corrected chi connectivity index (χ0v) is 15.4. The first kappa shape index (κ1) is 17.6. The maximum absolute atomic E-state index is 12.5. The molecule has 122 valence electrons. The van der Waals surface area contributed by atoms with Crippen LogP contribution in [0.4, 0.5) is 0 Å². The number of halogens is 2. The Morgan fingerprint density at radius 2 is 1.65 bits per heavy atom. The van der Waals surface area contributed by atoms with Crippen LogP contribution < -0.4 is 14.8 Å². The minimum Gasteiger partial charge on any atom is -0.495 e. The number of carbonyl (C=O) groups is 1. The minimum atomic E-state index is -0.212. The van der Waals surface area contributed by atoms with Crippen molar-refractivity contribution in [3.05, 3.63) is 57.0 Å². The number of methoxy groups -OCH3 is 2. The molecule has 2 rings (SSSR count). The lowest BCUT2D eigenvalue weighted by Crippen LogP contribution is -2.26. The zero-order chi connectivity index (χ0) is 17.0. The fourth-order valence-corrected chi connectivity index (χ4v) is 2.79. The summed E-state index contributed by atoms with van der Waals surface area (Å²) < 4.78 is 11.2. The van der Waals surface area contributed by atoms with Gasteiger partial charge in [0.2, 0.25) is 0 Å². The lowest BCUT2D eigenvalue weighted by atomic mass is 10.1. The van der Waals surface area contributed by atoms with E-state index in [9.17, 15) is 4.79 Å². The van der Waals surface area contributed by atoms with Crippen LogP contribution in [0.3, 0.4) is 0 Å². The second-order valence-electron chi connectivity index (χ2n) is 4.94. The predicted octanol–water partition coefficient (Wildman–Crippen LogP) is 4.61. The number of hydrogen-bond donors (Lipinski definition) is 1. The molecule has 1 atom stereocenters. The Morgan fingerprint density at radius 1 is 1.13 bits per heavy atom. The van der Waals surface area contributed by atoms with Gasteiger partial charge in [-0.05, 0) is 52.7 Å². The Balaban J connectivity index is 2.21. The van der Waals surface area contributed by atoms with Crippen LogP contribution in [0.5, 0.6) is 11.5 Å². The molecule has 0 heterocycles. The molecule has 0 bridgehead atoms. The number of ether oxygens (including phenoxy) is 2. The minimum absolute atomic E-state index is 0.152. The molecule has 6 heteroatoms. The fourth-order valence-electron chi connectivity index (χ4n) is 2.12. The van der Waals surface area contributed by atoms with Crippen molar-refractivity contribution in [2.75, 3.05) is 14.2 Å². The largest absolute Gasteiger partial charge is 0.495 e. The highest BCUT2D eigenvalue weighted by atomic mass is 79.9. The highest BCUT2D eigenvalue weighted by Crippen LogP contribution is 2.35. The van der Waals surface area contributed by atoms with Crippen molar-refractivity contribution >= 4 is 33.4 Å². The van der Waals surface area contributed by atoms with Gasteiger partial charge >= 0.3 is 0 Å². The number of benzene rings is 2. The van der Waals surface area contributed by atoms with Crippen LogP contribution in [0.2, 0.25) is 5.02 Å². The number of carbonyl (C=O) groups excluding carboxylic acids is 1. The summed E-state index contributed by atoms with van der Waals surface area (Å²) in [5.41, 5.74) is 1.43. The van der Waals surface area contributed by atoms with E-state index in [2.05, 4.69) is 21.2 Å². The highest BCUT2D eigenvalue weighted by Gasteiger charge is 2.16. The van der Waals surface area contributed by atoms with Crippen LogP contribution in [0, 0.1) is 0 Å². The third-order valence-corrected chi connectivity index (χ3v) is 4.46. The second-order valence-corrected chi connectivity index (χ2v) is 6.17. The van der Waals surface area contributed by atoms with Crippen LogP contribution in [0.15, 0.2) is 40.9 Å². The second kappa shape index (κ2) is 7.70. The number of amides is 1. The van der Waals surface area contributed by atoms with Gasteiger partial charge in [0.25, 0.3) is 5.91 Å². The van der Waals surface area contributed by atoms with E-state index in [0.717, 1.165) is 5.56 Å². The average Bonchev–Trinajstić information content (AvgIpc) is 2.55. The monoisotopic (exact) mass is 397 g/mol. The van der Waals surface area contributed by atoms with E-state index in [1.807, 2.05) is 19.1 Å². The molecular formula is C17H17BrClNO3. The molecule has 1 amide bonds. The topological polar surface area (TPSA) is 47.6 Å². The third kappa shape index (κ3) is 4.18. The molecule has 0 spiro atoms. The third-order valence-electron chi connectivity index (χ3n) is 3.43. The first-order chi connectivity index (χ1) is 11.0. The van der Waals surface area contributed by atoms with Gasteiger partial charge in [-0.1, -0.05) is 23.7 Å². The van der Waals surface area contributed by atoms with Crippen molar-refractivity contribution in [3.63, 3.8) is 0 Å². The molecule has 0 aliphatic heterocycles. The number of nitrogens with one attached hydrogen (secondary N) is 1. The molecule has 0 aromatic heterocycles. The number of rotatable bonds is 5. The van der Waals surface area contributed by atoms with Crippen LogP contribution in [-0.4, -0.2) is 20.1 Å². The molecule has 23 heavy (non-hydrogen) atoms. The van der Waals surface area contributed by atoms with Gasteiger partial charge in [-0.25, -0.2) is 0 Å². The fraction of sp³-hybridized carbons (Fsp3) is 0.235. The summed E-state index contributed by atoms with van der Waals surface area (Å²) in [5.74, 6) is 0.860. The normalized spacial score (nSPS) is 11.7. The van der Waals surface area contributed by atoms with Crippen LogP contribution in [0.1, 0.15) is 28.9 Å². The van der Waals surface area contributed by atoms with Gasteiger partial charge in [-0.3, -0.25) is 4.79 Å². The van der Waals surface area contributed by atoms with Gasteiger partial charge in [0.1, 0.15) is 16.0 Å². The van der Waals surface area contributed by atoms with E-state index in [0.29, 0.717) is 26.6 Å². The zero-order valence-electron chi connectivity index (χ0n) is 13.0. The summed E-state index contributed by atoms with van der Waals surface area (Å²) in [6.07, 6.45) is 0. The predicted molar refractivity (Wildman–Crippen MR) is 94.6 cm³/mol. The highest BCUT2D eigenvalue weighted by molar-refractivity contribution is 9.10. The van der Waals surface area contributed by atoms with E-state index in [1.165, 1.54) is 14.2 Å². The molecule has 2 aromatic rings. The van der Waals surface area contributed by atoms with Crippen molar-refractivity contribution in [2.24, 2.45) is 0 Å². The Labute approximate surface area is 148 Å². The van der Waals surface area contributed by atoms with Crippen molar-refractivity contribution in [3.8, 4) is 11.5 Å². The molecule has 4 nitrogen and oxygen atoms in total. The smallest absolute Gasteiger partial charge is 0.252 e. The maximum Gasteiger partial charge on any atom is 0.252 e. The summed E-state index contributed by atoms with van der Waals surface area (Å²) in [6, 6.07) is 10.5. The van der Waals surface area contributed by atoms with E-state index in [1.54, 1.807) is 24.3 Å². The lowest BCUT2D eigenvalue weighted by Gasteiger charge is -2.16. The van der Waals surface area contributed by atoms with Gasteiger partial charge in [0, 0.05) is 10.6 Å². The van der Waals surface area contributed by atoms with Gasteiger partial charge < -0.3 is 14.8 Å². The lowest BCUT2D eigenvalue weighted by molar-refractivity contribution is 0.0939. The van der Waals surface area contributed by atoms with Crippen molar-refractivity contribution in [1.82, 2.24) is 5.32 Å². The Kier molecular flexibility index (Phi) is 5.91. The van der Waals surface area contributed by atoms with Crippen LogP contribution in [0.25, 0.3) is 0 Å². The summed E-state index contributed by atoms with van der Waals surface area (Å²) in [7, 11) is 3.08. The first-order valence-electron chi connectivity index (χ1n) is 6.94. The molecule has 0 fully saturated rings. The standard InChI is InChI=1S/C17H17BrClNO3/c1-10(11-4-6-13(19)7-5-11)20-17(21)12-8-14(22-2)16(18)15(9-12)23-3/h4-10H,1-3H3,(H,20,21). The van der Waals surface area contributed by atoms with E-state index in [4.69, 9.17) is 21.1 Å². The molecule has 0 saturated heterocycles. The van der Waals surface area contributed by atoms with Gasteiger partial charge in [-0.2, -0.15) is 0 Å². The Bertz CT molecular complexity index is 678. The Morgan fingerprint density at radius 3 is 2.13 bits per heavy atom. The molecular weight excluding hydrogens is 382 g/mol. The molecule has 0 radical (unpaired) electrons. The van der Waals surface area contributed by atoms with Gasteiger partial charge in [-0.15, -0.1) is 0 Å². The maximum atomic E-state index is 12.5. The van der Waals surface area contributed by atoms with Crippen molar-refractivity contribution < 1.29 is 14.3 Å². The summed E-state index contributed by atoms with van der Waals surface area (Å²) >= 11 is 9.26. The summed E-state index contributed by atoms with van der Waals surface area (Å²) in [4.78, 5) is 12.5.